The summed E-state index contributed by atoms with van der Waals surface area (Å²) in [6.07, 6.45) is 5.16. The van der Waals surface area contributed by atoms with Crippen LogP contribution in [0.3, 0.4) is 0 Å². The summed E-state index contributed by atoms with van der Waals surface area (Å²) in [4.78, 5) is 21.7. The van der Waals surface area contributed by atoms with Crippen LogP contribution in [0.5, 0.6) is 5.75 Å². The van der Waals surface area contributed by atoms with Gasteiger partial charge in [0, 0.05) is 44.5 Å². The summed E-state index contributed by atoms with van der Waals surface area (Å²) in [5.74, 6) is 1.52. The smallest absolute Gasteiger partial charge is 0.253 e. The Morgan fingerprint density at radius 1 is 1.16 bits per heavy atom. The van der Waals surface area contributed by atoms with E-state index in [4.69, 9.17) is 21.6 Å². The Labute approximate surface area is 193 Å². The number of carbonyl (C=O) groups is 1. The Kier molecular flexibility index (Phi) is 7.13. The van der Waals surface area contributed by atoms with E-state index in [9.17, 15) is 4.79 Å². The molecule has 0 radical (unpaired) electrons. The van der Waals surface area contributed by atoms with E-state index in [0.29, 0.717) is 21.9 Å². The maximum atomic E-state index is 12.7. The van der Waals surface area contributed by atoms with Crippen LogP contribution in [-0.2, 0) is 0 Å². The van der Waals surface area contributed by atoms with Crippen LogP contribution in [0.4, 0.5) is 5.82 Å². The molecular weight excluding hydrogens is 426 g/mol. The number of benzene rings is 1. The van der Waals surface area contributed by atoms with Crippen LogP contribution >= 0.6 is 11.6 Å². The molecule has 2 aliphatic rings. The number of aromatic nitrogens is 1. The molecule has 0 unspecified atom stereocenters. The highest BCUT2D eigenvalue weighted by atomic mass is 35.5. The van der Waals surface area contributed by atoms with Gasteiger partial charge in [0.1, 0.15) is 17.6 Å². The number of ether oxygens (including phenoxy) is 1. The molecule has 1 aromatic carbocycles. The molecule has 1 aromatic heterocycles. The Morgan fingerprint density at radius 3 is 2.53 bits per heavy atom. The molecular formula is C24H28ClN5O2. The van der Waals surface area contributed by atoms with E-state index in [1.165, 1.54) is 0 Å². The molecule has 1 saturated heterocycles. The fourth-order valence-electron chi connectivity index (χ4n) is 4.19. The Hall–Kier alpha value is -2.82. The molecule has 168 valence electrons. The number of amides is 1. The molecule has 1 aliphatic carbocycles. The van der Waals surface area contributed by atoms with Crippen LogP contribution < -0.4 is 15.0 Å². The van der Waals surface area contributed by atoms with Crippen LogP contribution in [0, 0.1) is 11.3 Å². The minimum absolute atomic E-state index is 0.0781. The number of nitrogens with one attached hydrogen (secondary N) is 1. The number of nitrogens with zero attached hydrogens (tertiary/aromatic N) is 4. The second-order valence-electron chi connectivity index (χ2n) is 8.51. The van der Waals surface area contributed by atoms with Crippen LogP contribution in [0.25, 0.3) is 0 Å². The van der Waals surface area contributed by atoms with Crippen LogP contribution in [0.1, 0.15) is 41.6 Å². The third kappa shape index (κ3) is 5.50. The molecule has 32 heavy (non-hydrogen) atoms. The molecule has 2 heterocycles. The Morgan fingerprint density at radius 2 is 1.91 bits per heavy atom. The summed E-state index contributed by atoms with van der Waals surface area (Å²) in [5, 5.41) is 12.5. The number of piperazine rings is 1. The minimum atomic E-state index is -0.0781. The fraction of sp³-hybridized carbons (Fsp3) is 0.458. The molecule has 0 spiro atoms. The van der Waals surface area contributed by atoms with E-state index in [0.717, 1.165) is 57.7 Å². The standard InChI is InChI=1S/C24H28ClN5O2/c1-29-10-12-30(13-11-29)23-9-3-18(16-27-23)24(31)28-19-4-7-20(8-5-19)32-21-6-2-17(15-26)22(25)14-21/h2-3,6,9,14,16,19-20H,4-5,7-8,10-13H2,1H3,(H,28,31). The molecule has 2 fully saturated rings. The third-order valence-corrected chi connectivity index (χ3v) is 6.52. The molecule has 7 nitrogen and oxygen atoms in total. The van der Waals surface area contributed by atoms with Gasteiger partial charge in [-0.2, -0.15) is 5.26 Å². The summed E-state index contributed by atoms with van der Waals surface area (Å²) in [5.41, 5.74) is 1.03. The van der Waals surface area contributed by atoms with Crippen molar-refractivity contribution in [1.29, 1.82) is 5.26 Å². The monoisotopic (exact) mass is 453 g/mol. The maximum absolute atomic E-state index is 12.7. The van der Waals surface area contributed by atoms with Crippen LogP contribution in [0.15, 0.2) is 36.5 Å². The lowest BCUT2D eigenvalue weighted by molar-refractivity contribution is 0.0893. The van der Waals surface area contributed by atoms with Gasteiger partial charge in [0.05, 0.1) is 22.3 Å². The van der Waals surface area contributed by atoms with E-state index in [1.54, 1.807) is 24.4 Å². The third-order valence-electron chi connectivity index (χ3n) is 6.21. The number of nitriles is 1. The summed E-state index contributed by atoms with van der Waals surface area (Å²) < 4.78 is 6.03. The lowest BCUT2D eigenvalue weighted by Gasteiger charge is -2.33. The first-order valence-electron chi connectivity index (χ1n) is 11.1. The SMILES string of the molecule is CN1CCN(c2ccc(C(=O)NC3CCC(Oc4ccc(C#N)c(Cl)c4)CC3)cn2)CC1. The molecule has 8 heteroatoms. The zero-order valence-electron chi connectivity index (χ0n) is 18.3. The molecule has 4 rings (SSSR count). The largest absolute Gasteiger partial charge is 0.490 e. The first-order chi connectivity index (χ1) is 15.5. The van der Waals surface area contributed by atoms with Gasteiger partial charge in [0.25, 0.3) is 5.91 Å². The van der Waals surface area contributed by atoms with Gasteiger partial charge in [-0.3, -0.25) is 4.79 Å². The predicted molar refractivity (Wildman–Crippen MR) is 124 cm³/mol. The van der Waals surface area contributed by atoms with Crippen molar-refractivity contribution in [1.82, 2.24) is 15.2 Å². The minimum Gasteiger partial charge on any atom is -0.490 e. The maximum Gasteiger partial charge on any atom is 0.253 e. The number of anilines is 1. The van der Waals surface area contributed by atoms with E-state index >= 15 is 0 Å². The topological polar surface area (TPSA) is 81.5 Å². The van der Waals surface area contributed by atoms with E-state index in [1.807, 2.05) is 18.2 Å². The van der Waals surface area contributed by atoms with Crippen molar-refractivity contribution < 1.29 is 9.53 Å². The van der Waals surface area contributed by atoms with Crippen molar-refractivity contribution in [3.05, 3.63) is 52.7 Å². The second-order valence-corrected chi connectivity index (χ2v) is 8.92. The van der Waals surface area contributed by atoms with Crippen molar-refractivity contribution in [3.63, 3.8) is 0 Å². The van der Waals surface area contributed by atoms with Gasteiger partial charge in [-0.15, -0.1) is 0 Å². The predicted octanol–water partition coefficient (Wildman–Crippen LogP) is 3.48. The highest BCUT2D eigenvalue weighted by Gasteiger charge is 2.24. The number of pyridine rings is 1. The van der Waals surface area contributed by atoms with Gasteiger partial charge in [-0.25, -0.2) is 4.98 Å². The highest BCUT2D eigenvalue weighted by Crippen LogP contribution is 2.27. The first-order valence-corrected chi connectivity index (χ1v) is 11.5. The van der Waals surface area contributed by atoms with Crippen molar-refractivity contribution in [2.24, 2.45) is 0 Å². The zero-order chi connectivity index (χ0) is 22.5. The lowest BCUT2D eigenvalue weighted by Crippen LogP contribution is -2.44. The average Bonchev–Trinajstić information content (AvgIpc) is 2.81. The Balaban J connectivity index is 1.24. The first kappa shape index (κ1) is 22.4. The van der Waals surface area contributed by atoms with E-state index < -0.39 is 0 Å². The highest BCUT2D eigenvalue weighted by molar-refractivity contribution is 6.31. The zero-order valence-corrected chi connectivity index (χ0v) is 19.0. The number of hydrogen-bond acceptors (Lipinski definition) is 6. The molecule has 2 aromatic rings. The lowest BCUT2D eigenvalue weighted by atomic mass is 9.92. The van der Waals surface area contributed by atoms with Gasteiger partial charge in [0.15, 0.2) is 0 Å². The van der Waals surface area contributed by atoms with Crippen molar-refractivity contribution in [2.45, 2.75) is 37.8 Å². The summed E-state index contributed by atoms with van der Waals surface area (Å²) in [7, 11) is 2.13. The number of rotatable bonds is 5. The second kappa shape index (κ2) is 10.2. The molecule has 1 aliphatic heterocycles. The van der Waals surface area contributed by atoms with Gasteiger partial charge in [0.2, 0.25) is 0 Å². The van der Waals surface area contributed by atoms with Gasteiger partial charge >= 0.3 is 0 Å². The van der Waals surface area contributed by atoms with Gasteiger partial charge in [-0.1, -0.05) is 11.6 Å². The summed E-state index contributed by atoms with van der Waals surface area (Å²) in [6.45, 7) is 3.95. The number of likely N-dealkylation sites (N-methyl/N-ethyl adjacent to an activating group) is 1. The molecule has 1 N–H and O–H groups in total. The van der Waals surface area contributed by atoms with Crippen LogP contribution in [0.2, 0.25) is 5.02 Å². The van der Waals surface area contributed by atoms with Gasteiger partial charge in [-0.05, 0) is 57.0 Å². The van der Waals surface area contributed by atoms with Crippen molar-refractivity contribution >= 4 is 23.3 Å². The Bertz CT molecular complexity index is 975. The molecule has 1 amide bonds. The fourth-order valence-corrected chi connectivity index (χ4v) is 4.40. The van der Waals surface area contributed by atoms with Gasteiger partial charge < -0.3 is 19.9 Å². The molecule has 0 atom stereocenters. The number of carbonyl (C=O) groups excluding carboxylic acids is 1. The summed E-state index contributed by atoms with van der Waals surface area (Å²) in [6, 6.07) is 11.1. The molecule has 0 bridgehead atoms. The molecule has 1 saturated carbocycles. The van der Waals surface area contributed by atoms with E-state index in [-0.39, 0.29) is 18.1 Å². The quantitative estimate of drug-likeness (QED) is 0.746. The van der Waals surface area contributed by atoms with Crippen LogP contribution in [-0.4, -0.2) is 61.2 Å². The average molecular weight is 454 g/mol. The van der Waals surface area contributed by atoms with Crippen molar-refractivity contribution in [3.8, 4) is 11.8 Å². The number of halogens is 1. The number of hydrogen-bond donors (Lipinski definition) is 1. The normalized spacial score (nSPS) is 21.6. The van der Waals surface area contributed by atoms with Crippen molar-refractivity contribution in [2.75, 3.05) is 38.1 Å². The van der Waals surface area contributed by atoms with E-state index in [2.05, 4.69) is 27.1 Å². The summed E-state index contributed by atoms with van der Waals surface area (Å²) >= 11 is 6.09.